The van der Waals surface area contributed by atoms with Gasteiger partial charge >= 0.3 is 5.97 Å². The van der Waals surface area contributed by atoms with Crippen molar-refractivity contribution >= 4 is 23.5 Å². The SMILES string of the molecule is COC(=O)c1ccc(NC(=O)CN(C)C(C)=O)cc1. The summed E-state index contributed by atoms with van der Waals surface area (Å²) in [6, 6.07) is 6.29. The van der Waals surface area contributed by atoms with Gasteiger partial charge in [-0.1, -0.05) is 0 Å². The van der Waals surface area contributed by atoms with E-state index in [1.807, 2.05) is 0 Å². The first-order valence-electron chi connectivity index (χ1n) is 5.64. The fourth-order valence-electron chi connectivity index (χ4n) is 1.33. The van der Waals surface area contributed by atoms with E-state index in [2.05, 4.69) is 10.1 Å². The molecule has 0 radical (unpaired) electrons. The maximum absolute atomic E-state index is 11.6. The van der Waals surface area contributed by atoms with Crippen molar-refractivity contribution in [2.45, 2.75) is 6.92 Å². The van der Waals surface area contributed by atoms with E-state index < -0.39 is 5.97 Å². The molecule has 1 N–H and O–H groups in total. The number of carbonyl (C=O) groups excluding carboxylic acids is 3. The molecule has 0 aliphatic heterocycles. The molecule has 0 aliphatic rings. The Morgan fingerprint density at radius 2 is 1.79 bits per heavy atom. The van der Waals surface area contributed by atoms with Crippen molar-refractivity contribution in [2.24, 2.45) is 0 Å². The Morgan fingerprint density at radius 3 is 2.26 bits per heavy atom. The number of anilines is 1. The Hall–Kier alpha value is -2.37. The molecule has 19 heavy (non-hydrogen) atoms. The molecule has 0 saturated heterocycles. The quantitative estimate of drug-likeness (QED) is 0.819. The normalized spacial score (nSPS) is 9.63. The Morgan fingerprint density at radius 1 is 1.21 bits per heavy atom. The minimum Gasteiger partial charge on any atom is -0.465 e. The third kappa shape index (κ3) is 4.42. The van der Waals surface area contributed by atoms with Gasteiger partial charge in [0, 0.05) is 19.7 Å². The smallest absolute Gasteiger partial charge is 0.337 e. The molecule has 0 aliphatic carbocycles. The average Bonchev–Trinajstić information content (AvgIpc) is 2.38. The summed E-state index contributed by atoms with van der Waals surface area (Å²) in [5.74, 6) is -0.922. The summed E-state index contributed by atoms with van der Waals surface area (Å²) in [6.45, 7) is 1.37. The van der Waals surface area contributed by atoms with Crippen LogP contribution in [0.1, 0.15) is 17.3 Å². The molecule has 1 aromatic rings. The molecule has 0 saturated carbocycles. The van der Waals surface area contributed by atoms with Gasteiger partial charge in [0.15, 0.2) is 0 Å². The summed E-state index contributed by atoms with van der Waals surface area (Å²) >= 11 is 0. The van der Waals surface area contributed by atoms with Gasteiger partial charge in [-0.2, -0.15) is 0 Å². The molecule has 1 aromatic carbocycles. The van der Waals surface area contributed by atoms with Gasteiger partial charge in [-0.15, -0.1) is 0 Å². The molecule has 0 atom stereocenters. The lowest BCUT2D eigenvalue weighted by molar-refractivity contribution is -0.131. The van der Waals surface area contributed by atoms with Crippen LogP contribution >= 0.6 is 0 Å². The van der Waals surface area contributed by atoms with E-state index in [0.29, 0.717) is 11.3 Å². The minimum absolute atomic E-state index is 0.0198. The Kier molecular flexibility index (Phi) is 5.05. The highest BCUT2D eigenvalue weighted by Gasteiger charge is 2.09. The van der Waals surface area contributed by atoms with Gasteiger partial charge in [0.1, 0.15) is 0 Å². The number of likely N-dealkylation sites (N-methyl/N-ethyl adjacent to an activating group) is 1. The lowest BCUT2D eigenvalue weighted by Gasteiger charge is -2.14. The van der Waals surface area contributed by atoms with Crippen molar-refractivity contribution in [3.8, 4) is 0 Å². The fourth-order valence-corrected chi connectivity index (χ4v) is 1.33. The second-order valence-corrected chi connectivity index (χ2v) is 3.99. The van der Waals surface area contributed by atoms with Crippen LogP contribution in [0.25, 0.3) is 0 Å². The first kappa shape index (κ1) is 14.7. The van der Waals surface area contributed by atoms with Crippen molar-refractivity contribution < 1.29 is 19.1 Å². The van der Waals surface area contributed by atoms with Crippen molar-refractivity contribution in [2.75, 3.05) is 26.0 Å². The molecular weight excluding hydrogens is 248 g/mol. The van der Waals surface area contributed by atoms with Crippen molar-refractivity contribution in [3.63, 3.8) is 0 Å². The summed E-state index contributed by atoms with van der Waals surface area (Å²) in [5, 5.41) is 2.63. The van der Waals surface area contributed by atoms with Crippen molar-refractivity contribution in [3.05, 3.63) is 29.8 Å². The van der Waals surface area contributed by atoms with Crippen LogP contribution in [0.3, 0.4) is 0 Å². The molecule has 6 heteroatoms. The van der Waals surface area contributed by atoms with E-state index in [1.54, 1.807) is 31.3 Å². The number of benzene rings is 1. The van der Waals surface area contributed by atoms with Crippen LogP contribution in [0.2, 0.25) is 0 Å². The van der Waals surface area contributed by atoms with Gasteiger partial charge in [0.25, 0.3) is 0 Å². The number of hydrogen-bond acceptors (Lipinski definition) is 4. The highest BCUT2D eigenvalue weighted by Crippen LogP contribution is 2.10. The van der Waals surface area contributed by atoms with Gasteiger partial charge in [-0.05, 0) is 24.3 Å². The van der Waals surface area contributed by atoms with Gasteiger partial charge < -0.3 is 15.0 Å². The lowest BCUT2D eigenvalue weighted by atomic mass is 10.2. The molecule has 0 unspecified atom stereocenters. The van der Waals surface area contributed by atoms with E-state index >= 15 is 0 Å². The third-order valence-corrected chi connectivity index (χ3v) is 2.51. The summed E-state index contributed by atoms with van der Waals surface area (Å²) in [7, 11) is 2.85. The number of nitrogens with one attached hydrogen (secondary N) is 1. The van der Waals surface area contributed by atoms with E-state index in [-0.39, 0.29) is 18.4 Å². The maximum atomic E-state index is 11.6. The Labute approximate surface area is 111 Å². The predicted molar refractivity (Wildman–Crippen MR) is 69.7 cm³/mol. The maximum Gasteiger partial charge on any atom is 0.337 e. The molecule has 1 rings (SSSR count). The van der Waals surface area contributed by atoms with Gasteiger partial charge in [-0.25, -0.2) is 4.79 Å². The number of amides is 2. The molecule has 0 fully saturated rings. The average molecular weight is 264 g/mol. The van der Waals surface area contributed by atoms with Crippen LogP contribution in [-0.4, -0.2) is 43.4 Å². The summed E-state index contributed by atoms with van der Waals surface area (Å²) in [6.07, 6.45) is 0. The summed E-state index contributed by atoms with van der Waals surface area (Å²) in [5.41, 5.74) is 0.955. The highest BCUT2D eigenvalue weighted by atomic mass is 16.5. The third-order valence-electron chi connectivity index (χ3n) is 2.51. The molecule has 2 amide bonds. The van der Waals surface area contributed by atoms with Crippen LogP contribution in [0.15, 0.2) is 24.3 Å². The predicted octanol–water partition coefficient (Wildman–Crippen LogP) is 0.890. The van der Waals surface area contributed by atoms with Crippen LogP contribution in [0.5, 0.6) is 0 Å². The molecule has 0 bridgehead atoms. The molecule has 0 aromatic heterocycles. The number of rotatable bonds is 4. The van der Waals surface area contributed by atoms with Crippen LogP contribution in [0.4, 0.5) is 5.69 Å². The zero-order chi connectivity index (χ0) is 14.4. The second-order valence-electron chi connectivity index (χ2n) is 3.99. The van der Waals surface area contributed by atoms with Crippen LogP contribution in [0, 0.1) is 0 Å². The van der Waals surface area contributed by atoms with E-state index in [1.165, 1.54) is 18.9 Å². The van der Waals surface area contributed by atoms with Crippen LogP contribution < -0.4 is 5.32 Å². The first-order valence-corrected chi connectivity index (χ1v) is 5.64. The second kappa shape index (κ2) is 6.53. The summed E-state index contributed by atoms with van der Waals surface area (Å²) in [4.78, 5) is 35.1. The van der Waals surface area contributed by atoms with Gasteiger partial charge in [0.2, 0.25) is 11.8 Å². The molecular formula is C13H16N2O4. The van der Waals surface area contributed by atoms with E-state index in [0.717, 1.165) is 0 Å². The topological polar surface area (TPSA) is 75.7 Å². The Balaban J connectivity index is 2.60. The van der Waals surface area contributed by atoms with E-state index in [9.17, 15) is 14.4 Å². The fraction of sp³-hybridized carbons (Fsp3) is 0.308. The highest BCUT2D eigenvalue weighted by molar-refractivity contribution is 5.95. The number of carbonyl (C=O) groups is 3. The largest absolute Gasteiger partial charge is 0.465 e. The van der Waals surface area contributed by atoms with Crippen molar-refractivity contribution in [1.29, 1.82) is 0 Å². The minimum atomic E-state index is -0.436. The zero-order valence-corrected chi connectivity index (χ0v) is 11.1. The number of ether oxygens (including phenoxy) is 1. The lowest BCUT2D eigenvalue weighted by Crippen LogP contribution is -2.33. The molecule has 6 nitrogen and oxygen atoms in total. The number of esters is 1. The monoisotopic (exact) mass is 264 g/mol. The van der Waals surface area contributed by atoms with E-state index in [4.69, 9.17) is 0 Å². The number of methoxy groups -OCH3 is 1. The van der Waals surface area contributed by atoms with Gasteiger partial charge in [-0.3, -0.25) is 9.59 Å². The zero-order valence-electron chi connectivity index (χ0n) is 11.1. The number of hydrogen-bond donors (Lipinski definition) is 1. The summed E-state index contributed by atoms with van der Waals surface area (Å²) < 4.78 is 4.57. The Bertz CT molecular complexity index is 482. The molecule has 102 valence electrons. The molecule has 0 heterocycles. The van der Waals surface area contributed by atoms with Crippen molar-refractivity contribution in [1.82, 2.24) is 4.90 Å². The standard InChI is InChI=1S/C13H16N2O4/c1-9(16)15(2)8-12(17)14-11-6-4-10(5-7-11)13(18)19-3/h4-7H,8H2,1-3H3,(H,14,17). The number of nitrogens with zero attached hydrogens (tertiary/aromatic N) is 1. The first-order chi connectivity index (χ1) is 8.93. The molecule has 0 spiro atoms. The van der Waals surface area contributed by atoms with Gasteiger partial charge in [0.05, 0.1) is 19.2 Å². The van der Waals surface area contributed by atoms with Crippen LogP contribution in [-0.2, 0) is 14.3 Å².